The zero-order valence-electron chi connectivity index (χ0n) is 10.8. The van der Waals surface area contributed by atoms with Gasteiger partial charge >= 0.3 is 0 Å². The first-order chi connectivity index (χ1) is 8.50. The number of hydrogen-bond donors (Lipinski definition) is 1. The smallest absolute Gasteiger partial charge is 0.162 e. The number of rotatable bonds is 6. The molecule has 0 saturated carbocycles. The van der Waals surface area contributed by atoms with Gasteiger partial charge in [0.05, 0.1) is 0 Å². The minimum atomic E-state index is -0.941. The topological polar surface area (TPSA) is 43.1 Å². The van der Waals surface area contributed by atoms with Gasteiger partial charge in [-0.1, -0.05) is 26.0 Å². The highest BCUT2D eigenvalue weighted by atomic mass is 19.2. The molecule has 1 aromatic carbocycles. The maximum absolute atomic E-state index is 13.5. The van der Waals surface area contributed by atoms with Crippen LogP contribution in [0.2, 0.25) is 0 Å². The van der Waals surface area contributed by atoms with E-state index in [1.54, 1.807) is 0 Å². The molecule has 1 aromatic rings. The Morgan fingerprint density at radius 1 is 1.28 bits per heavy atom. The molecule has 0 aliphatic rings. The highest BCUT2D eigenvalue weighted by Crippen LogP contribution is 2.28. The number of carbonyl (C=O) groups is 1. The zero-order valence-corrected chi connectivity index (χ0v) is 10.8. The minimum Gasteiger partial charge on any atom is -0.329 e. The van der Waals surface area contributed by atoms with Crippen LogP contribution in [0.3, 0.4) is 0 Å². The molecule has 0 atom stereocenters. The van der Waals surface area contributed by atoms with Crippen molar-refractivity contribution in [2.24, 2.45) is 11.1 Å². The Bertz CT molecular complexity index is 420. The third-order valence-electron chi connectivity index (χ3n) is 3.72. The van der Waals surface area contributed by atoms with E-state index in [2.05, 4.69) is 0 Å². The van der Waals surface area contributed by atoms with E-state index in [1.807, 2.05) is 13.8 Å². The molecular formula is C14H19F2NO. The predicted octanol–water partition coefficient (Wildman–Crippen LogP) is 2.84. The summed E-state index contributed by atoms with van der Waals surface area (Å²) in [6, 6.07) is 3.88. The van der Waals surface area contributed by atoms with Crippen molar-refractivity contribution in [1.82, 2.24) is 0 Å². The lowest BCUT2D eigenvalue weighted by Gasteiger charge is -2.28. The Hall–Kier alpha value is -1.29. The third kappa shape index (κ3) is 2.75. The zero-order chi connectivity index (χ0) is 13.8. The highest BCUT2D eigenvalue weighted by molar-refractivity contribution is 5.87. The van der Waals surface area contributed by atoms with E-state index in [1.165, 1.54) is 12.1 Å². The number of Topliss-reactive ketones (excluding diaryl/α,β-unsaturated/α-hetero) is 1. The summed E-state index contributed by atoms with van der Waals surface area (Å²) < 4.78 is 26.6. The number of benzene rings is 1. The van der Waals surface area contributed by atoms with E-state index >= 15 is 0 Å². The monoisotopic (exact) mass is 255 g/mol. The van der Waals surface area contributed by atoms with E-state index in [-0.39, 0.29) is 24.3 Å². The normalized spacial score (nSPS) is 11.6. The fraction of sp³-hybridized carbons (Fsp3) is 0.500. The lowest BCUT2D eigenvalue weighted by molar-refractivity contribution is -0.128. The molecule has 18 heavy (non-hydrogen) atoms. The summed E-state index contributed by atoms with van der Waals surface area (Å²) in [6.45, 7) is 4.00. The molecule has 0 spiro atoms. The molecule has 0 amide bonds. The Morgan fingerprint density at radius 2 is 1.89 bits per heavy atom. The lowest BCUT2D eigenvalue weighted by Crippen LogP contribution is -2.38. The molecule has 0 bridgehead atoms. The molecule has 4 heteroatoms. The van der Waals surface area contributed by atoms with Gasteiger partial charge in [0, 0.05) is 18.4 Å². The van der Waals surface area contributed by atoms with E-state index in [9.17, 15) is 13.6 Å². The van der Waals surface area contributed by atoms with Gasteiger partial charge in [0.1, 0.15) is 5.78 Å². The molecule has 0 aliphatic heterocycles. The Morgan fingerprint density at radius 3 is 2.39 bits per heavy atom. The van der Waals surface area contributed by atoms with Crippen molar-refractivity contribution >= 4 is 5.78 Å². The van der Waals surface area contributed by atoms with Crippen molar-refractivity contribution in [1.29, 1.82) is 0 Å². The first kappa shape index (κ1) is 14.8. The molecule has 0 unspecified atom stereocenters. The Kier molecular flexibility index (Phi) is 4.96. The second kappa shape index (κ2) is 6.05. The van der Waals surface area contributed by atoms with Crippen LogP contribution in [-0.2, 0) is 11.2 Å². The van der Waals surface area contributed by atoms with Crippen molar-refractivity contribution < 1.29 is 13.6 Å². The van der Waals surface area contributed by atoms with Crippen LogP contribution in [0.1, 0.15) is 32.3 Å². The van der Waals surface area contributed by atoms with Crippen LogP contribution in [0.5, 0.6) is 0 Å². The maximum atomic E-state index is 13.5. The summed E-state index contributed by atoms with van der Waals surface area (Å²) >= 11 is 0. The van der Waals surface area contributed by atoms with Crippen LogP contribution < -0.4 is 5.73 Å². The molecule has 0 aromatic heterocycles. The van der Waals surface area contributed by atoms with Crippen molar-refractivity contribution in [3.05, 3.63) is 35.4 Å². The second-order valence-corrected chi connectivity index (χ2v) is 4.50. The summed E-state index contributed by atoms with van der Waals surface area (Å²) in [5, 5.41) is 0. The number of carbonyl (C=O) groups excluding carboxylic acids is 1. The number of ketones is 1. The highest BCUT2D eigenvalue weighted by Gasteiger charge is 2.33. The molecule has 0 saturated heterocycles. The first-order valence-electron chi connectivity index (χ1n) is 6.17. The summed E-state index contributed by atoms with van der Waals surface area (Å²) in [5.74, 6) is -1.99. The molecule has 0 radical (unpaired) electrons. The second-order valence-electron chi connectivity index (χ2n) is 4.50. The van der Waals surface area contributed by atoms with E-state index in [4.69, 9.17) is 5.73 Å². The van der Waals surface area contributed by atoms with Gasteiger partial charge in [-0.3, -0.25) is 4.79 Å². The van der Waals surface area contributed by atoms with Crippen LogP contribution in [0.25, 0.3) is 0 Å². The predicted molar refractivity (Wildman–Crippen MR) is 67.1 cm³/mol. The van der Waals surface area contributed by atoms with Crippen LogP contribution in [0, 0.1) is 17.0 Å². The van der Waals surface area contributed by atoms with Gasteiger partial charge in [-0.25, -0.2) is 8.78 Å². The SMILES string of the molecule is CCC(CC)(CN)C(=O)Cc1cccc(F)c1F. The first-order valence-corrected chi connectivity index (χ1v) is 6.17. The van der Waals surface area contributed by atoms with E-state index in [0.29, 0.717) is 12.8 Å². The van der Waals surface area contributed by atoms with Crippen LogP contribution >= 0.6 is 0 Å². The molecular weight excluding hydrogens is 236 g/mol. The number of hydrogen-bond acceptors (Lipinski definition) is 2. The van der Waals surface area contributed by atoms with Crippen molar-refractivity contribution in [2.45, 2.75) is 33.1 Å². The quantitative estimate of drug-likeness (QED) is 0.849. The van der Waals surface area contributed by atoms with Gasteiger partial charge in [-0.05, 0) is 24.5 Å². The molecule has 2 N–H and O–H groups in total. The van der Waals surface area contributed by atoms with Crippen LogP contribution in [0.15, 0.2) is 18.2 Å². The molecule has 100 valence electrons. The van der Waals surface area contributed by atoms with Crippen molar-refractivity contribution in [3.63, 3.8) is 0 Å². The Labute approximate surface area is 106 Å². The van der Waals surface area contributed by atoms with Crippen molar-refractivity contribution in [2.75, 3.05) is 6.54 Å². The summed E-state index contributed by atoms with van der Waals surface area (Å²) in [7, 11) is 0. The molecule has 0 aliphatic carbocycles. The average molecular weight is 255 g/mol. The molecule has 0 fully saturated rings. The maximum Gasteiger partial charge on any atom is 0.162 e. The molecule has 1 rings (SSSR count). The number of nitrogens with two attached hydrogens (primary N) is 1. The lowest BCUT2D eigenvalue weighted by atomic mass is 9.76. The minimum absolute atomic E-state index is 0.0970. The average Bonchev–Trinajstić information content (AvgIpc) is 2.38. The third-order valence-corrected chi connectivity index (χ3v) is 3.72. The Balaban J connectivity index is 2.97. The van der Waals surface area contributed by atoms with Gasteiger partial charge in [0.25, 0.3) is 0 Å². The largest absolute Gasteiger partial charge is 0.329 e. The summed E-state index contributed by atoms with van der Waals surface area (Å²) in [6.07, 6.45) is 1.11. The standard InChI is InChI=1S/C14H19F2NO/c1-3-14(4-2,9-17)12(18)8-10-6-5-7-11(15)13(10)16/h5-7H,3-4,8-9,17H2,1-2H3. The fourth-order valence-electron chi connectivity index (χ4n) is 2.09. The van der Waals surface area contributed by atoms with Crippen LogP contribution in [-0.4, -0.2) is 12.3 Å². The van der Waals surface area contributed by atoms with Crippen LogP contribution in [0.4, 0.5) is 8.78 Å². The summed E-state index contributed by atoms with van der Waals surface area (Å²) in [4.78, 5) is 12.2. The van der Waals surface area contributed by atoms with E-state index < -0.39 is 17.0 Å². The van der Waals surface area contributed by atoms with Crippen molar-refractivity contribution in [3.8, 4) is 0 Å². The fourth-order valence-corrected chi connectivity index (χ4v) is 2.09. The molecule has 2 nitrogen and oxygen atoms in total. The van der Waals surface area contributed by atoms with Gasteiger partial charge in [-0.2, -0.15) is 0 Å². The van der Waals surface area contributed by atoms with Gasteiger partial charge in [-0.15, -0.1) is 0 Å². The van der Waals surface area contributed by atoms with Gasteiger partial charge < -0.3 is 5.73 Å². The van der Waals surface area contributed by atoms with E-state index in [0.717, 1.165) is 6.07 Å². The molecule has 0 heterocycles. The van der Waals surface area contributed by atoms with Gasteiger partial charge in [0.2, 0.25) is 0 Å². The van der Waals surface area contributed by atoms with Gasteiger partial charge in [0.15, 0.2) is 11.6 Å². The number of halogens is 2. The summed E-state index contributed by atoms with van der Waals surface area (Å²) in [5.41, 5.74) is 5.13.